The molecular weight excluding hydrogens is 201 g/mol. The zero-order valence-corrected chi connectivity index (χ0v) is 9.63. The van der Waals surface area contributed by atoms with Crippen LogP contribution in [0, 0.1) is 0 Å². The molecule has 0 atom stereocenters. The highest BCUT2D eigenvalue weighted by atomic mass is 16.4. The van der Waals surface area contributed by atoms with Gasteiger partial charge in [0.25, 0.3) is 0 Å². The highest BCUT2D eigenvalue weighted by Gasteiger charge is 2.22. The third kappa shape index (κ3) is 2.64. The second kappa shape index (κ2) is 5.00. The van der Waals surface area contributed by atoms with Crippen molar-refractivity contribution in [2.45, 2.75) is 31.8 Å². The Morgan fingerprint density at radius 2 is 2.12 bits per heavy atom. The Kier molecular flexibility index (Phi) is 3.64. The van der Waals surface area contributed by atoms with Crippen LogP contribution in [0.4, 0.5) is 0 Å². The largest absolute Gasteiger partial charge is 0.488 e. The van der Waals surface area contributed by atoms with Crippen LogP contribution in [0.25, 0.3) is 0 Å². The van der Waals surface area contributed by atoms with Crippen LogP contribution in [0.1, 0.15) is 24.8 Å². The van der Waals surface area contributed by atoms with E-state index in [4.69, 9.17) is 10.0 Å². The highest BCUT2D eigenvalue weighted by Crippen LogP contribution is 2.24. The van der Waals surface area contributed by atoms with Crippen LogP contribution in [-0.4, -0.2) is 35.2 Å². The molecule has 1 aromatic rings. The molecule has 3 nitrogen and oxygen atoms in total. The van der Waals surface area contributed by atoms with E-state index in [1.54, 1.807) is 6.07 Å². The zero-order valence-electron chi connectivity index (χ0n) is 9.63. The Bertz CT molecular complexity index is 353. The van der Waals surface area contributed by atoms with Crippen LogP contribution in [0.15, 0.2) is 24.3 Å². The number of nitrogens with zero attached hydrogens (tertiary/aromatic N) is 1. The smallest absolute Gasteiger partial charge is 0.423 e. The van der Waals surface area contributed by atoms with Gasteiger partial charge in [-0.15, -0.1) is 0 Å². The van der Waals surface area contributed by atoms with Gasteiger partial charge >= 0.3 is 7.12 Å². The van der Waals surface area contributed by atoms with Crippen molar-refractivity contribution in [1.82, 2.24) is 4.90 Å². The minimum Gasteiger partial charge on any atom is -0.423 e. The Balaban J connectivity index is 2.00. The molecule has 1 aromatic carbocycles. The molecule has 0 bridgehead atoms. The second-order valence-electron chi connectivity index (χ2n) is 4.62. The minimum atomic E-state index is -1.37. The predicted octanol–water partition coefficient (Wildman–Crippen LogP) is 0.351. The molecule has 0 aromatic heterocycles. The van der Waals surface area contributed by atoms with Crippen LogP contribution in [0.5, 0.6) is 0 Å². The van der Waals surface area contributed by atoms with Crippen LogP contribution in [-0.2, 0) is 6.54 Å². The first kappa shape index (κ1) is 11.6. The lowest BCUT2D eigenvalue weighted by atomic mass is 9.79. The molecule has 4 heteroatoms. The van der Waals surface area contributed by atoms with Crippen molar-refractivity contribution in [3.63, 3.8) is 0 Å². The maximum Gasteiger partial charge on any atom is 0.488 e. The van der Waals surface area contributed by atoms with Gasteiger partial charge in [0.15, 0.2) is 0 Å². The van der Waals surface area contributed by atoms with Crippen LogP contribution < -0.4 is 5.46 Å². The molecule has 2 rings (SSSR count). The molecule has 0 heterocycles. The molecule has 0 spiro atoms. The van der Waals surface area contributed by atoms with E-state index in [1.165, 1.54) is 19.3 Å². The zero-order chi connectivity index (χ0) is 11.5. The molecular formula is C12H18BNO2. The van der Waals surface area contributed by atoms with Crippen LogP contribution in [0.3, 0.4) is 0 Å². The first-order valence-electron chi connectivity index (χ1n) is 5.82. The van der Waals surface area contributed by atoms with E-state index in [0.29, 0.717) is 11.5 Å². The van der Waals surface area contributed by atoms with E-state index in [1.807, 2.05) is 18.2 Å². The first-order valence-corrected chi connectivity index (χ1v) is 5.82. The fourth-order valence-corrected chi connectivity index (χ4v) is 2.10. The lowest BCUT2D eigenvalue weighted by Crippen LogP contribution is -2.37. The quantitative estimate of drug-likeness (QED) is 0.718. The molecule has 0 radical (unpaired) electrons. The minimum absolute atomic E-state index is 0.569. The summed E-state index contributed by atoms with van der Waals surface area (Å²) in [5.41, 5.74) is 1.71. The second-order valence-corrected chi connectivity index (χ2v) is 4.62. The van der Waals surface area contributed by atoms with Gasteiger partial charge in [-0.25, -0.2) is 0 Å². The molecule has 0 saturated heterocycles. The van der Waals surface area contributed by atoms with Crippen molar-refractivity contribution in [2.24, 2.45) is 0 Å². The molecule has 1 aliphatic carbocycles. The van der Waals surface area contributed by atoms with Gasteiger partial charge in [-0.2, -0.15) is 0 Å². The van der Waals surface area contributed by atoms with Gasteiger partial charge in [0, 0.05) is 12.6 Å². The summed E-state index contributed by atoms with van der Waals surface area (Å²) in [6, 6.07) is 8.21. The third-order valence-corrected chi connectivity index (χ3v) is 3.38. The molecule has 86 valence electrons. The van der Waals surface area contributed by atoms with Crippen molar-refractivity contribution in [1.29, 1.82) is 0 Å². The van der Waals surface area contributed by atoms with Crippen molar-refractivity contribution >= 4 is 12.6 Å². The summed E-state index contributed by atoms with van der Waals surface area (Å²) >= 11 is 0. The van der Waals surface area contributed by atoms with Crippen molar-refractivity contribution in [3.8, 4) is 0 Å². The Hall–Kier alpha value is -0.835. The molecule has 1 aliphatic rings. The van der Waals surface area contributed by atoms with Crippen molar-refractivity contribution in [2.75, 3.05) is 7.05 Å². The summed E-state index contributed by atoms with van der Waals surface area (Å²) in [4.78, 5) is 2.34. The fraction of sp³-hybridized carbons (Fsp3) is 0.500. The number of hydrogen-bond acceptors (Lipinski definition) is 3. The third-order valence-electron chi connectivity index (χ3n) is 3.38. The van der Waals surface area contributed by atoms with Crippen LogP contribution >= 0.6 is 0 Å². The van der Waals surface area contributed by atoms with Gasteiger partial charge in [-0.3, -0.25) is 4.90 Å². The summed E-state index contributed by atoms with van der Waals surface area (Å²) in [5.74, 6) is 0. The van der Waals surface area contributed by atoms with E-state index in [0.717, 1.165) is 12.1 Å². The maximum atomic E-state index is 9.09. The molecule has 16 heavy (non-hydrogen) atoms. The van der Waals surface area contributed by atoms with Gasteiger partial charge < -0.3 is 10.0 Å². The average Bonchev–Trinajstić information content (AvgIpc) is 2.15. The summed E-state index contributed by atoms with van der Waals surface area (Å²) in [6.45, 7) is 0.880. The summed E-state index contributed by atoms with van der Waals surface area (Å²) in [5, 5.41) is 18.2. The molecule has 1 saturated carbocycles. The summed E-state index contributed by atoms with van der Waals surface area (Å²) < 4.78 is 0. The SMILES string of the molecule is CN(Cc1cccc(B(O)O)c1)C1CCC1. The van der Waals surface area contributed by atoms with Gasteiger partial charge in [-0.05, 0) is 30.9 Å². The molecule has 0 amide bonds. The fourth-order valence-electron chi connectivity index (χ4n) is 2.10. The molecule has 2 N–H and O–H groups in total. The summed E-state index contributed by atoms with van der Waals surface area (Å²) in [7, 11) is 0.764. The van der Waals surface area contributed by atoms with Crippen molar-refractivity contribution in [3.05, 3.63) is 29.8 Å². The first-order chi connectivity index (χ1) is 7.66. The lowest BCUT2D eigenvalue weighted by molar-refractivity contribution is 0.152. The number of hydrogen-bond donors (Lipinski definition) is 2. The summed E-state index contributed by atoms with van der Waals surface area (Å²) in [6.07, 6.45) is 3.92. The van der Waals surface area contributed by atoms with Crippen molar-refractivity contribution < 1.29 is 10.0 Å². The molecule has 0 unspecified atom stereocenters. The average molecular weight is 219 g/mol. The Morgan fingerprint density at radius 1 is 1.38 bits per heavy atom. The Morgan fingerprint density at radius 3 is 2.69 bits per heavy atom. The highest BCUT2D eigenvalue weighted by molar-refractivity contribution is 6.58. The van der Waals surface area contributed by atoms with Crippen LogP contribution in [0.2, 0.25) is 0 Å². The monoisotopic (exact) mass is 219 g/mol. The predicted molar refractivity (Wildman–Crippen MR) is 65.4 cm³/mol. The van der Waals surface area contributed by atoms with E-state index < -0.39 is 7.12 Å². The van der Waals surface area contributed by atoms with E-state index >= 15 is 0 Å². The maximum absolute atomic E-state index is 9.09. The topological polar surface area (TPSA) is 43.7 Å². The standard InChI is InChI=1S/C12H18BNO2/c1-14(12-6-3-7-12)9-10-4-2-5-11(8-10)13(15)16/h2,4-5,8,12,15-16H,3,6-7,9H2,1H3. The normalized spacial score (nSPS) is 16.2. The van der Waals surface area contributed by atoms with E-state index in [2.05, 4.69) is 11.9 Å². The van der Waals surface area contributed by atoms with Gasteiger partial charge in [-0.1, -0.05) is 30.7 Å². The number of benzene rings is 1. The van der Waals surface area contributed by atoms with Gasteiger partial charge in [0.2, 0.25) is 0 Å². The molecule has 0 aliphatic heterocycles. The molecule has 1 fully saturated rings. The Labute approximate surface area is 96.9 Å². The lowest BCUT2D eigenvalue weighted by Gasteiger charge is -2.34. The van der Waals surface area contributed by atoms with Gasteiger partial charge in [0.05, 0.1) is 0 Å². The van der Waals surface area contributed by atoms with E-state index in [-0.39, 0.29) is 0 Å². The van der Waals surface area contributed by atoms with Gasteiger partial charge in [0.1, 0.15) is 0 Å². The van der Waals surface area contributed by atoms with E-state index in [9.17, 15) is 0 Å². The number of rotatable bonds is 4.